The number of H-pyrrole nitrogens is 1. The third-order valence-electron chi connectivity index (χ3n) is 1.56. The average Bonchev–Trinajstić information content (AvgIpc) is 2.34. The Kier molecular flexibility index (Phi) is 1.97. The van der Waals surface area contributed by atoms with Crippen LogP contribution in [0.5, 0.6) is 5.88 Å². The molecule has 56 valence electrons. The summed E-state index contributed by atoms with van der Waals surface area (Å²) in [6, 6.07) is 1.69. The number of aromatic amines is 1. The zero-order chi connectivity index (χ0) is 7.56. The van der Waals surface area contributed by atoms with E-state index < -0.39 is 0 Å². The molecule has 1 rings (SSSR count). The molecular weight excluding hydrogens is 128 g/mol. The molecule has 0 aromatic carbocycles. The first kappa shape index (κ1) is 7.15. The smallest absolute Gasteiger partial charge is 0.188 e. The van der Waals surface area contributed by atoms with Crippen LogP contribution in [0.3, 0.4) is 0 Å². The summed E-state index contributed by atoms with van der Waals surface area (Å²) in [5.74, 6) is 0.180. The van der Waals surface area contributed by atoms with Gasteiger partial charge >= 0.3 is 0 Å². The molecule has 0 radical (unpaired) electrons. The molecule has 10 heavy (non-hydrogen) atoms. The fourth-order valence-corrected chi connectivity index (χ4v) is 0.848. The molecule has 1 atom stereocenters. The fraction of sp³-hybridized carbons (Fsp3) is 0.429. The third-order valence-corrected chi connectivity index (χ3v) is 1.56. The summed E-state index contributed by atoms with van der Waals surface area (Å²) in [4.78, 5) is 2.66. The highest BCUT2D eigenvalue weighted by molar-refractivity contribution is 5.22. The highest BCUT2D eigenvalue weighted by Gasteiger charge is 2.04. The highest BCUT2D eigenvalue weighted by Crippen LogP contribution is 2.17. The van der Waals surface area contributed by atoms with Crippen molar-refractivity contribution in [3.8, 4) is 5.88 Å². The van der Waals surface area contributed by atoms with E-state index in [-0.39, 0.29) is 11.9 Å². The van der Waals surface area contributed by atoms with E-state index in [1.165, 1.54) is 0 Å². The quantitative estimate of drug-likeness (QED) is 0.576. The van der Waals surface area contributed by atoms with Crippen molar-refractivity contribution in [1.29, 1.82) is 0 Å². The molecule has 3 heteroatoms. The molecule has 0 amide bonds. The minimum atomic E-state index is 0.0390. The SMILES string of the molecule is CCC(N)c1c[nH]c(O)c1. The van der Waals surface area contributed by atoms with E-state index in [0.29, 0.717) is 0 Å². The molecule has 4 N–H and O–H groups in total. The molecule has 1 aromatic heterocycles. The van der Waals surface area contributed by atoms with Gasteiger partial charge in [-0.25, -0.2) is 0 Å². The molecule has 1 heterocycles. The Hall–Kier alpha value is -0.960. The molecular formula is C7H12N2O. The first-order valence-electron chi connectivity index (χ1n) is 3.37. The zero-order valence-electron chi connectivity index (χ0n) is 5.96. The van der Waals surface area contributed by atoms with E-state index in [1.807, 2.05) is 6.92 Å². The highest BCUT2D eigenvalue weighted by atomic mass is 16.3. The van der Waals surface area contributed by atoms with Gasteiger partial charge in [-0.15, -0.1) is 0 Å². The number of aromatic nitrogens is 1. The Morgan fingerprint density at radius 3 is 2.90 bits per heavy atom. The Labute approximate surface area is 59.9 Å². The van der Waals surface area contributed by atoms with Crippen LogP contribution in [0, 0.1) is 0 Å². The first-order chi connectivity index (χ1) is 4.74. The molecule has 1 unspecified atom stereocenters. The first-order valence-corrected chi connectivity index (χ1v) is 3.37. The van der Waals surface area contributed by atoms with E-state index in [2.05, 4.69) is 4.98 Å². The summed E-state index contributed by atoms with van der Waals surface area (Å²) in [5, 5.41) is 8.89. The van der Waals surface area contributed by atoms with E-state index in [4.69, 9.17) is 10.8 Å². The number of rotatable bonds is 2. The predicted molar refractivity (Wildman–Crippen MR) is 39.7 cm³/mol. The number of nitrogens with one attached hydrogen (secondary N) is 1. The molecule has 1 aromatic rings. The molecule has 0 saturated carbocycles. The second-order valence-electron chi connectivity index (χ2n) is 2.33. The van der Waals surface area contributed by atoms with Crippen LogP contribution in [0.15, 0.2) is 12.3 Å². The zero-order valence-corrected chi connectivity index (χ0v) is 5.96. The number of hydrogen-bond acceptors (Lipinski definition) is 2. The van der Waals surface area contributed by atoms with E-state index in [0.717, 1.165) is 12.0 Å². The Bertz CT molecular complexity index is 207. The van der Waals surface area contributed by atoms with Gasteiger partial charge < -0.3 is 15.8 Å². The largest absolute Gasteiger partial charge is 0.495 e. The van der Waals surface area contributed by atoms with Gasteiger partial charge in [-0.05, 0) is 12.0 Å². The number of aromatic hydroxyl groups is 1. The van der Waals surface area contributed by atoms with Crippen LogP contribution in [0.4, 0.5) is 0 Å². The van der Waals surface area contributed by atoms with Gasteiger partial charge in [-0.2, -0.15) is 0 Å². The lowest BCUT2D eigenvalue weighted by molar-refractivity contribution is 0.456. The minimum Gasteiger partial charge on any atom is -0.495 e. The molecule has 0 aliphatic rings. The average molecular weight is 140 g/mol. The van der Waals surface area contributed by atoms with E-state index in [1.54, 1.807) is 12.3 Å². The van der Waals surface area contributed by atoms with Gasteiger partial charge in [0, 0.05) is 18.3 Å². The second-order valence-corrected chi connectivity index (χ2v) is 2.33. The summed E-state index contributed by atoms with van der Waals surface area (Å²) in [5.41, 5.74) is 6.63. The topological polar surface area (TPSA) is 62.0 Å². The molecule has 0 bridgehead atoms. The van der Waals surface area contributed by atoms with Crippen LogP contribution in [0.1, 0.15) is 24.9 Å². The van der Waals surface area contributed by atoms with Crippen molar-refractivity contribution in [3.63, 3.8) is 0 Å². The van der Waals surface area contributed by atoms with Gasteiger partial charge in [0.05, 0.1) is 0 Å². The van der Waals surface area contributed by atoms with Crippen LogP contribution in [-0.2, 0) is 0 Å². The van der Waals surface area contributed by atoms with Gasteiger partial charge in [0.25, 0.3) is 0 Å². The maximum Gasteiger partial charge on any atom is 0.188 e. The van der Waals surface area contributed by atoms with Gasteiger partial charge in [0.15, 0.2) is 5.88 Å². The van der Waals surface area contributed by atoms with E-state index >= 15 is 0 Å². The molecule has 0 aliphatic heterocycles. The lowest BCUT2D eigenvalue weighted by Crippen LogP contribution is -2.06. The van der Waals surface area contributed by atoms with Crippen molar-refractivity contribution >= 4 is 0 Å². The lowest BCUT2D eigenvalue weighted by Gasteiger charge is -2.03. The maximum atomic E-state index is 8.89. The van der Waals surface area contributed by atoms with Crippen LogP contribution < -0.4 is 5.73 Å². The van der Waals surface area contributed by atoms with Gasteiger partial charge in [0.1, 0.15) is 0 Å². The summed E-state index contributed by atoms with van der Waals surface area (Å²) in [6.07, 6.45) is 2.61. The second kappa shape index (κ2) is 2.75. The normalized spacial score (nSPS) is 13.4. The van der Waals surface area contributed by atoms with Crippen LogP contribution in [0.2, 0.25) is 0 Å². The molecule has 0 saturated heterocycles. The van der Waals surface area contributed by atoms with Crippen LogP contribution >= 0.6 is 0 Å². The van der Waals surface area contributed by atoms with Crippen molar-refractivity contribution in [2.24, 2.45) is 5.73 Å². The molecule has 0 fully saturated rings. The van der Waals surface area contributed by atoms with Crippen molar-refractivity contribution in [3.05, 3.63) is 17.8 Å². The van der Waals surface area contributed by atoms with Crippen molar-refractivity contribution in [2.75, 3.05) is 0 Å². The summed E-state index contributed by atoms with van der Waals surface area (Å²) in [6.45, 7) is 2.01. The van der Waals surface area contributed by atoms with Crippen molar-refractivity contribution in [2.45, 2.75) is 19.4 Å². The van der Waals surface area contributed by atoms with Gasteiger partial charge in [-0.1, -0.05) is 6.92 Å². The summed E-state index contributed by atoms with van der Waals surface area (Å²) in [7, 11) is 0. The molecule has 0 spiro atoms. The number of hydrogen-bond donors (Lipinski definition) is 3. The van der Waals surface area contributed by atoms with Crippen molar-refractivity contribution in [1.82, 2.24) is 4.98 Å². The fourth-order valence-electron chi connectivity index (χ4n) is 0.848. The van der Waals surface area contributed by atoms with Crippen molar-refractivity contribution < 1.29 is 5.11 Å². The minimum absolute atomic E-state index is 0.0390. The Balaban J connectivity index is 2.74. The van der Waals surface area contributed by atoms with E-state index in [9.17, 15) is 0 Å². The van der Waals surface area contributed by atoms with Gasteiger partial charge in [0.2, 0.25) is 0 Å². The Morgan fingerprint density at radius 1 is 1.80 bits per heavy atom. The summed E-state index contributed by atoms with van der Waals surface area (Å²) >= 11 is 0. The van der Waals surface area contributed by atoms with Gasteiger partial charge in [-0.3, -0.25) is 0 Å². The molecule has 3 nitrogen and oxygen atoms in total. The van der Waals surface area contributed by atoms with Crippen LogP contribution in [0.25, 0.3) is 0 Å². The van der Waals surface area contributed by atoms with Crippen LogP contribution in [-0.4, -0.2) is 10.1 Å². The predicted octanol–water partition coefficient (Wildman–Crippen LogP) is 1.13. The standard InChI is InChI=1S/C7H12N2O/c1-2-6(8)5-3-7(10)9-4-5/h3-4,6,9-10H,2,8H2,1H3. The maximum absolute atomic E-state index is 8.89. The monoisotopic (exact) mass is 140 g/mol. The Morgan fingerprint density at radius 2 is 2.50 bits per heavy atom. The lowest BCUT2D eigenvalue weighted by atomic mass is 10.1. The molecule has 0 aliphatic carbocycles. The summed E-state index contributed by atoms with van der Waals surface area (Å²) < 4.78 is 0. The number of nitrogens with two attached hydrogens (primary N) is 1. The third kappa shape index (κ3) is 1.30.